The number of aryl methyl sites for hydroxylation is 2. The van der Waals surface area contributed by atoms with E-state index in [1.807, 2.05) is 23.9 Å². The molecule has 1 saturated heterocycles. The molecule has 0 radical (unpaired) electrons. The van der Waals surface area contributed by atoms with Gasteiger partial charge in [0.2, 0.25) is 0 Å². The monoisotopic (exact) mass is 551 g/mol. The number of carboxylic acid groups (broad SMARTS) is 3. The Morgan fingerprint density at radius 1 is 1.10 bits per heavy atom. The third kappa shape index (κ3) is 9.85. The second-order valence-electron chi connectivity index (χ2n) is 9.37. The van der Waals surface area contributed by atoms with Crippen molar-refractivity contribution >= 4 is 17.9 Å². The van der Waals surface area contributed by atoms with Gasteiger partial charge in [-0.05, 0) is 25.8 Å². The number of aliphatic carboxylic acids is 3. The highest BCUT2D eigenvalue weighted by atomic mass is 16.5. The van der Waals surface area contributed by atoms with E-state index in [-0.39, 0.29) is 0 Å². The molecule has 39 heavy (non-hydrogen) atoms. The van der Waals surface area contributed by atoms with Gasteiger partial charge in [0.05, 0.1) is 38.9 Å². The summed E-state index contributed by atoms with van der Waals surface area (Å²) in [5, 5.41) is 38.3. The van der Waals surface area contributed by atoms with Gasteiger partial charge >= 0.3 is 17.9 Å². The Morgan fingerprint density at radius 3 is 2.21 bits per heavy atom. The molecule has 4 N–H and O–H groups in total. The van der Waals surface area contributed by atoms with Crippen molar-refractivity contribution in [2.24, 2.45) is 7.05 Å². The van der Waals surface area contributed by atoms with Crippen LogP contribution in [0.1, 0.15) is 42.5 Å². The number of benzene rings is 1. The van der Waals surface area contributed by atoms with E-state index in [9.17, 15) is 14.4 Å². The number of nitrogens with zero attached hydrogens (tertiary/aromatic N) is 3. The van der Waals surface area contributed by atoms with Crippen LogP contribution in [0.5, 0.6) is 11.5 Å². The second kappa shape index (κ2) is 14.5. The number of rotatable bonds is 13. The van der Waals surface area contributed by atoms with Crippen molar-refractivity contribution in [1.29, 1.82) is 0 Å². The van der Waals surface area contributed by atoms with Gasteiger partial charge in [0.25, 0.3) is 0 Å². The number of methoxy groups -OCH3 is 2. The summed E-state index contributed by atoms with van der Waals surface area (Å²) < 4.78 is 18.6. The predicted octanol–water partition coefficient (Wildman–Crippen LogP) is 1.68. The fourth-order valence-electron chi connectivity index (χ4n) is 4.24. The maximum atomic E-state index is 10.3. The molecule has 0 saturated carbocycles. The van der Waals surface area contributed by atoms with Gasteiger partial charge in [-0.3, -0.25) is 19.2 Å². The zero-order valence-corrected chi connectivity index (χ0v) is 22.6. The fraction of sp³-hybridized carbons (Fsp3) is 0.538. The van der Waals surface area contributed by atoms with Crippen LogP contribution in [0.25, 0.3) is 0 Å². The Morgan fingerprint density at radius 2 is 1.74 bits per heavy atom. The van der Waals surface area contributed by atoms with Gasteiger partial charge in [-0.15, -0.1) is 0 Å². The molecule has 2 aromatic rings. The average Bonchev–Trinajstić information content (AvgIpc) is 3.47. The first-order valence-electron chi connectivity index (χ1n) is 12.3. The van der Waals surface area contributed by atoms with Crippen molar-refractivity contribution in [3.8, 4) is 11.5 Å². The summed E-state index contributed by atoms with van der Waals surface area (Å²) in [6.07, 6.45) is 2.39. The minimum absolute atomic E-state index is 0.302. The number of aromatic nitrogens is 2. The molecule has 1 aromatic heterocycles. The largest absolute Gasteiger partial charge is 0.497 e. The van der Waals surface area contributed by atoms with Gasteiger partial charge in [-0.1, -0.05) is 6.07 Å². The van der Waals surface area contributed by atoms with E-state index >= 15 is 0 Å². The number of carbonyl (C=O) groups is 3. The van der Waals surface area contributed by atoms with Crippen molar-refractivity contribution in [2.75, 3.05) is 27.4 Å². The van der Waals surface area contributed by atoms with Gasteiger partial charge in [0.15, 0.2) is 5.60 Å². The van der Waals surface area contributed by atoms with Crippen molar-refractivity contribution in [3.63, 3.8) is 0 Å². The van der Waals surface area contributed by atoms with Crippen LogP contribution in [-0.2, 0) is 39.3 Å². The van der Waals surface area contributed by atoms with Crippen LogP contribution in [0, 0.1) is 6.92 Å². The molecule has 13 nitrogen and oxygen atoms in total. The summed E-state index contributed by atoms with van der Waals surface area (Å²) in [5.41, 5.74) is 0.731. The van der Waals surface area contributed by atoms with Crippen LogP contribution in [0.3, 0.4) is 0 Å². The Balaban J connectivity index is 0.000000349. The maximum Gasteiger partial charge on any atom is 0.336 e. The topological polar surface area (TPSA) is 181 Å². The van der Waals surface area contributed by atoms with Crippen molar-refractivity contribution < 1.29 is 49.0 Å². The number of carboxylic acids is 3. The van der Waals surface area contributed by atoms with Crippen molar-refractivity contribution in [2.45, 2.75) is 57.4 Å². The SMILES string of the molecule is COc1ccc(CN(Cc2cn(C)nc2C)CC2CCCO2)c(OC)c1.O=C(O)CC(O)(CC(=O)O)C(=O)O. The Labute approximate surface area is 226 Å². The summed E-state index contributed by atoms with van der Waals surface area (Å²) in [5.74, 6) is -3.36. The average molecular weight is 552 g/mol. The molecule has 216 valence electrons. The van der Waals surface area contributed by atoms with Gasteiger partial charge in [0, 0.05) is 56.7 Å². The van der Waals surface area contributed by atoms with Gasteiger partial charge < -0.3 is 34.6 Å². The minimum Gasteiger partial charge on any atom is -0.497 e. The number of hydrogen-bond donors (Lipinski definition) is 4. The zero-order chi connectivity index (χ0) is 29.2. The molecule has 0 amide bonds. The Hall–Kier alpha value is -3.68. The molecular formula is C26H37N3O10. The van der Waals surface area contributed by atoms with E-state index in [1.54, 1.807) is 14.2 Å². The second-order valence-corrected chi connectivity index (χ2v) is 9.37. The molecule has 0 aliphatic carbocycles. The fourth-order valence-corrected chi connectivity index (χ4v) is 4.24. The van der Waals surface area contributed by atoms with Crippen molar-refractivity contribution in [1.82, 2.24) is 14.7 Å². The highest BCUT2D eigenvalue weighted by molar-refractivity contribution is 5.88. The minimum atomic E-state index is -2.74. The standard InChI is InChI=1S/C20H29N3O3.C6H8O7/c1-15-17(11-22(2)21-15)13-23(14-19-6-5-9-26-19)12-16-7-8-18(24-3)10-20(16)25-4;7-3(8)1-6(13,5(11)12)2-4(9)10/h7-8,10-11,19H,5-6,9,12-14H2,1-4H3;13H,1-2H2,(H,7,8)(H,9,10)(H,11,12). The van der Waals surface area contributed by atoms with E-state index in [2.05, 4.69) is 29.2 Å². The molecule has 1 aromatic carbocycles. The molecule has 2 heterocycles. The predicted molar refractivity (Wildman–Crippen MR) is 138 cm³/mol. The van der Waals surface area contributed by atoms with E-state index in [4.69, 9.17) is 34.6 Å². The lowest BCUT2D eigenvalue weighted by Crippen LogP contribution is -2.42. The van der Waals surface area contributed by atoms with E-state index < -0.39 is 36.4 Å². The lowest BCUT2D eigenvalue weighted by Gasteiger charge is -2.26. The summed E-state index contributed by atoms with van der Waals surface area (Å²) in [6.45, 7) is 5.48. The quantitative estimate of drug-likeness (QED) is 0.283. The van der Waals surface area contributed by atoms with Crippen LogP contribution in [0.4, 0.5) is 0 Å². The van der Waals surface area contributed by atoms with Crippen LogP contribution in [-0.4, -0.2) is 92.1 Å². The molecule has 1 atom stereocenters. The summed E-state index contributed by atoms with van der Waals surface area (Å²) >= 11 is 0. The van der Waals surface area contributed by atoms with Crippen LogP contribution < -0.4 is 9.47 Å². The van der Waals surface area contributed by atoms with Crippen molar-refractivity contribution in [3.05, 3.63) is 41.2 Å². The summed E-state index contributed by atoms with van der Waals surface area (Å²) in [7, 11) is 5.34. The number of hydrogen-bond acceptors (Lipinski definition) is 9. The molecule has 3 rings (SSSR count). The summed E-state index contributed by atoms with van der Waals surface area (Å²) in [6, 6.07) is 6.00. The molecule has 0 bridgehead atoms. The first kappa shape index (κ1) is 31.5. The van der Waals surface area contributed by atoms with E-state index in [0.29, 0.717) is 6.10 Å². The molecule has 1 aliphatic rings. The summed E-state index contributed by atoms with van der Waals surface area (Å²) in [4.78, 5) is 32.9. The third-order valence-electron chi connectivity index (χ3n) is 6.17. The first-order valence-corrected chi connectivity index (χ1v) is 12.3. The molecule has 0 spiro atoms. The Kier molecular flexibility index (Phi) is 11.7. The molecular weight excluding hydrogens is 514 g/mol. The van der Waals surface area contributed by atoms with Gasteiger partial charge in [-0.25, -0.2) is 4.79 Å². The number of ether oxygens (including phenoxy) is 3. The molecule has 1 unspecified atom stereocenters. The molecule has 13 heteroatoms. The molecule has 1 aliphatic heterocycles. The molecule has 1 fully saturated rings. The highest BCUT2D eigenvalue weighted by Crippen LogP contribution is 2.27. The smallest absolute Gasteiger partial charge is 0.336 e. The Bertz CT molecular complexity index is 1110. The first-order chi connectivity index (χ1) is 18.4. The number of aliphatic hydroxyl groups is 1. The normalized spacial score (nSPS) is 15.0. The van der Waals surface area contributed by atoms with E-state index in [1.165, 1.54) is 5.56 Å². The lowest BCUT2D eigenvalue weighted by atomic mass is 9.96. The zero-order valence-electron chi connectivity index (χ0n) is 22.6. The van der Waals surface area contributed by atoms with Gasteiger partial charge in [-0.2, -0.15) is 5.10 Å². The van der Waals surface area contributed by atoms with Crippen LogP contribution >= 0.6 is 0 Å². The highest BCUT2D eigenvalue weighted by Gasteiger charge is 2.40. The van der Waals surface area contributed by atoms with E-state index in [0.717, 1.165) is 61.8 Å². The van der Waals surface area contributed by atoms with Gasteiger partial charge in [0.1, 0.15) is 11.5 Å². The third-order valence-corrected chi connectivity index (χ3v) is 6.17. The van der Waals surface area contributed by atoms with Crippen LogP contribution in [0.2, 0.25) is 0 Å². The maximum absolute atomic E-state index is 10.3. The van der Waals surface area contributed by atoms with Crippen LogP contribution in [0.15, 0.2) is 24.4 Å². The lowest BCUT2D eigenvalue weighted by molar-refractivity contribution is -0.170.